The predicted octanol–water partition coefficient (Wildman–Crippen LogP) is 3.09. The van der Waals surface area contributed by atoms with Gasteiger partial charge in [-0.2, -0.15) is 0 Å². The molecular weight excluding hydrogens is 201 g/mol. The summed E-state index contributed by atoms with van der Waals surface area (Å²) in [5.74, 6) is 0. The van der Waals surface area contributed by atoms with Crippen molar-refractivity contribution in [3.63, 3.8) is 0 Å². The van der Waals surface area contributed by atoms with Crippen LogP contribution in [0.3, 0.4) is 0 Å². The molecule has 0 spiro atoms. The average Bonchev–Trinajstić information content (AvgIpc) is 2.76. The molecule has 0 heterocycles. The lowest BCUT2D eigenvalue weighted by Gasteiger charge is -2.19. The maximum atomic E-state index is 13.1. The monoisotopic (exact) mass is 213 g/mol. The number of halogens is 2. The average molecular weight is 214 g/mol. The van der Waals surface area contributed by atoms with Crippen LogP contribution in [0.15, 0.2) is 24.3 Å². The fourth-order valence-electron chi connectivity index (χ4n) is 1.70. The summed E-state index contributed by atoms with van der Waals surface area (Å²) in [5, 5.41) is 0.679. The highest BCUT2D eigenvalue weighted by Gasteiger charge is 2.55. The van der Waals surface area contributed by atoms with Gasteiger partial charge in [-0.05, 0) is 24.1 Å². The quantitative estimate of drug-likeness (QED) is 0.803. The molecule has 3 atom stereocenters. The smallest absolute Gasteiger partial charge is 0.108 e. The molecule has 0 aromatic heterocycles. The summed E-state index contributed by atoms with van der Waals surface area (Å²) in [6.45, 7) is 1.89. The van der Waals surface area contributed by atoms with E-state index >= 15 is 0 Å². The third kappa shape index (κ3) is 1.53. The van der Waals surface area contributed by atoms with E-state index in [9.17, 15) is 4.39 Å². The molecule has 0 aliphatic heterocycles. The molecular formula is C11H13ClFN. The van der Waals surface area contributed by atoms with Crippen molar-refractivity contribution in [3.8, 4) is 0 Å². The molecule has 1 aromatic carbocycles. The van der Waals surface area contributed by atoms with Crippen molar-refractivity contribution >= 4 is 11.6 Å². The van der Waals surface area contributed by atoms with Crippen molar-refractivity contribution < 1.29 is 4.39 Å². The summed E-state index contributed by atoms with van der Waals surface area (Å²) in [6.07, 6.45) is -0.190. The fourth-order valence-corrected chi connectivity index (χ4v) is 1.83. The normalized spacial score (nSPS) is 32.7. The number of hydrogen-bond acceptors (Lipinski definition) is 1. The molecule has 1 nitrogen and oxygen atoms in total. The third-order valence-electron chi connectivity index (χ3n) is 3.11. The first-order valence-corrected chi connectivity index (χ1v) is 5.07. The second kappa shape index (κ2) is 3.21. The molecule has 2 rings (SSSR count). The molecule has 1 aliphatic rings. The van der Waals surface area contributed by atoms with Crippen molar-refractivity contribution in [3.05, 3.63) is 34.9 Å². The van der Waals surface area contributed by atoms with Crippen LogP contribution in [-0.4, -0.2) is 6.17 Å². The van der Waals surface area contributed by atoms with Gasteiger partial charge >= 0.3 is 0 Å². The van der Waals surface area contributed by atoms with E-state index in [2.05, 4.69) is 0 Å². The fraction of sp³-hybridized carbons (Fsp3) is 0.455. The maximum Gasteiger partial charge on any atom is 0.108 e. The Bertz CT molecular complexity index is 338. The summed E-state index contributed by atoms with van der Waals surface area (Å²) in [5.41, 5.74) is 6.58. The number of rotatable bonds is 2. The Hall–Kier alpha value is -0.600. The highest BCUT2D eigenvalue weighted by Crippen LogP contribution is 2.55. The van der Waals surface area contributed by atoms with E-state index < -0.39 is 6.17 Å². The van der Waals surface area contributed by atoms with Gasteiger partial charge < -0.3 is 5.73 Å². The van der Waals surface area contributed by atoms with E-state index in [1.54, 1.807) is 12.1 Å². The van der Waals surface area contributed by atoms with Crippen LogP contribution in [0, 0.1) is 5.41 Å². The first-order valence-electron chi connectivity index (χ1n) is 4.69. The zero-order chi connectivity index (χ0) is 10.3. The molecule has 1 aromatic rings. The van der Waals surface area contributed by atoms with E-state index in [1.165, 1.54) is 0 Å². The van der Waals surface area contributed by atoms with Crippen molar-refractivity contribution in [1.82, 2.24) is 0 Å². The molecule has 3 unspecified atom stereocenters. The molecule has 1 fully saturated rings. The highest BCUT2D eigenvalue weighted by atomic mass is 35.5. The van der Waals surface area contributed by atoms with Gasteiger partial charge in [-0.15, -0.1) is 0 Å². The predicted molar refractivity (Wildman–Crippen MR) is 56.0 cm³/mol. The second-order valence-electron chi connectivity index (χ2n) is 4.21. The van der Waals surface area contributed by atoms with Gasteiger partial charge in [0, 0.05) is 16.5 Å². The minimum absolute atomic E-state index is 0.227. The van der Waals surface area contributed by atoms with Gasteiger partial charge in [0.15, 0.2) is 0 Å². The van der Waals surface area contributed by atoms with Crippen molar-refractivity contribution in [1.29, 1.82) is 0 Å². The SMILES string of the molecule is CC1(C(N)c2ccc(Cl)cc2)CC1F. The molecule has 3 heteroatoms. The zero-order valence-electron chi connectivity index (χ0n) is 8.00. The Morgan fingerprint density at radius 3 is 2.43 bits per heavy atom. The van der Waals surface area contributed by atoms with E-state index in [0.717, 1.165) is 5.56 Å². The van der Waals surface area contributed by atoms with E-state index in [0.29, 0.717) is 11.4 Å². The molecule has 0 saturated heterocycles. The van der Waals surface area contributed by atoms with Crippen LogP contribution in [-0.2, 0) is 0 Å². The lowest BCUT2D eigenvalue weighted by molar-refractivity contribution is 0.332. The summed E-state index contributed by atoms with van der Waals surface area (Å²) >= 11 is 5.76. The van der Waals surface area contributed by atoms with Gasteiger partial charge in [0.2, 0.25) is 0 Å². The van der Waals surface area contributed by atoms with Crippen LogP contribution in [0.4, 0.5) is 4.39 Å². The zero-order valence-corrected chi connectivity index (χ0v) is 8.76. The molecule has 0 radical (unpaired) electrons. The first kappa shape index (κ1) is 9.94. The first-order chi connectivity index (χ1) is 6.54. The van der Waals surface area contributed by atoms with Gasteiger partial charge in [-0.25, -0.2) is 4.39 Å². The summed E-state index contributed by atoms with van der Waals surface area (Å²) in [6, 6.07) is 7.08. The molecule has 0 amide bonds. The van der Waals surface area contributed by atoms with Gasteiger partial charge in [0.1, 0.15) is 6.17 Å². The van der Waals surface area contributed by atoms with Gasteiger partial charge in [0.05, 0.1) is 0 Å². The van der Waals surface area contributed by atoms with Crippen LogP contribution in [0.1, 0.15) is 24.9 Å². The molecule has 0 bridgehead atoms. The molecule has 2 N–H and O–H groups in total. The van der Waals surface area contributed by atoms with Crippen molar-refractivity contribution in [2.75, 3.05) is 0 Å². The van der Waals surface area contributed by atoms with Crippen LogP contribution in [0.2, 0.25) is 5.02 Å². The Kier molecular flexibility index (Phi) is 2.28. The number of nitrogens with two attached hydrogens (primary N) is 1. The minimum atomic E-state index is -0.756. The lowest BCUT2D eigenvalue weighted by atomic mass is 9.92. The Balaban J connectivity index is 2.20. The van der Waals surface area contributed by atoms with Crippen molar-refractivity contribution in [2.24, 2.45) is 11.1 Å². The molecule has 76 valence electrons. The Morgan fingerprint density at radius 1 is 1.50 bits per heavy atom. The van der Waals surface area contributed by atoms with E-state index in [1.807, 2.05) is 19.1 Å². The van der Waals surface area contributed by atoms with E-state index in [4.69, 9.17) is 17.3 Å². The summed E-state index contributed by atoms with van der Waals surface area (Å²) in [7, 11) is 0. The summed E-state index contributed by atoms with van der Waals surface area (Å²) in [4.78, 5) is 0. The second-order valence-corrected chi connectivity index (χ2v) is 4.64. The topological polar surface area (TPSA) is 26.0 Å². The summed E-state index contributed by atoms with van der Waals surface area (Å²) < 4.78 is 13.1. The van der Waals surface area contributed by atoms with Crippen LogP contribution < -0.4 is 5.73 Å². The van der Waals surface area contributed by atoms with Crippen LogP contribution in [0.5, 0.6) is 0 Å². The number of alkyl halides is 1. The van der Waals surface area contributed by atoms with Gasteiger partial charge in [-0.3, -0.25) is 0 Å². The number of benzene rings is 1. The maximum absolute atomic E-state index is 13.1. The standard InChI is InChI=1S/C11H13ClFN/c1-11(6-9(11)13)10(14)7-2-4-8(12)5-3-7/h2-5,9-10H,6,14H2,1H3. The lowest BCUT2D eigenvalue weighted by Crippen LogP contribution is -2.22. The van der Waals surface area contributed by atoms with Crippen LogP contribution >= 0.6 is 11.6 Å². The van der Waals surface area contributed by atoms with Gasteiger partial charge in [0.25, 0.3) is 0 Å². The molecule has 1 aliphatic carbocycles. The Morgan fingerprint density at radius 2 is 2.00 bits per heavy atom. The van der Waals surface area contributed by atoms with Crippen molar-refractivity contribution in [2.45, 2.75) is 25.6 Å². The van der Waals surface area contributed by atoms with E-state index in [-0.39, 0.29) is 11.5 Å². The third-order valence-corrected chi connectivity index (χ3v) is 3.37. The largest absolute Gasteiger partial charge is 0.323 e. The molecule has 1 saturated carbocycles. The number of hydrogen-bond donors (Lipinski definition) is 1. The minimum Gasteiger partial charge on any atom is -0.323 e. The van der Waals surface area contributed by atoms with Gasteiger partial charge in [-0.1, -0.05) is 30.7 Å². The Labute approximate surface area is 88.1 Å². The highest BCUT2D eigenvalue weighted by molar-refractivity contribution is 6.30. The molecule has 14 heavy (non-hydrogen) atoms. The van der Waals surface area contributed by atoms with Crippen LogP contribution in [0.25, 0.3) is 0 Å².